The van der Waals surface area contributed by atoms with Gasteiger partial charge < -0.3 is 19.9 Å². The zero-order chi connectivity index (χ0) is 18.1. The molecule has 5 heteroatoms. The molecule has 0 saturated carbocycles. The largest absolute Gasteiger partial charge is 0.383 e. The summed E-state index contributed by atoms with van der Waals surface area (Å²) in [5, 5.41) is 3.17. The van der Waals surface area contributed by atoms with Crippen molar-refractivity contribution in [3.8, 4) is 0 Å². The number of hydrogen-bond acceptors (Lipinski definition) is 3. The highest BCUT2D eigenvalue weighted by atomic mass is 16.5. The molecule has 140 valence electrons. The number of nitrogens with one attached hydrogen (secondary N) is 1. The molecule has 1 N–H and O–H groups in total. The van der Waals surface area contributed by atoms with E-state index in [0.29, 0.717) is 5.92 Å². The van der Waals surface area contributed by atoms with Gasteiger partial charge in [0.1, 0.15) is 0 Å². The highest BCUT2D eigenvalue weighted by molar-refractivity contribution is 5.74. The van der Waals surface area contributed by atoms with E-state index < -0.39 is 0 Å². The fourth-order valence-electron chi connectivity index (χ4n) is 3.45. The number of carbonyl (C=O) groups excluding carboxylic acids is 1. The number of benzene rings is 1. The average molecular weight is 348 g/mol. The Morgan fingerprint density at radius 1 is 1.32 bits per heavy atom. The highest BCUT2D eigenvalue weighted by Crippen LogP contribution is 2.19. The Kier molecular flexibility index (Phi) is 8.22. The predicted molar refractivity (Wildman–Crippen MR) is 102 cm³/mol. The summed E-state index contributed by atoms with van der Waals surface area (Å²) >= 11 is 0. The Bertz CT molecular complexity index is 501. The predicted octanol–water partition coefficient (Wildman–Crippen LogP) is 3.14. The molecule has 25 heavy (non-hydrogen) atoms. The zero-order valence-corrected chi connectivity index (χ0v) is 15.9. The molecule has 0 spiro atoms. The number of urea groups is 1. The lowest BCUT2D eigenvalue weighted by atomic mass is 9.96. The van der Waals surface area contributed by atoms with Crippen molar-refractivity contribution in [2.24, 2.45) is 5.92 Å². The lowest BCUT2D eigenvalue weighted by Crippen LogP contribution is -2.44. The van der Waals surface area contributed by atoms with E-state index in [4.69, 9.17) is 4.74 Å². The summed E-state index contributed by atoms with van der Waals surface area (Å²) in [6, 6.07) is 10.3. The number of amides is 2. The van der Waals surface area contributed by atoms with E-state index in [-0.39, 0.29) is 12.1 Å². The fraction of sp³-hybridized carbons (Fsp3) is 0.650. The van der Waals surface area contributed by atoms with E-state index in [1.807, 2.05) is 30.1 Å². The Hall–Kier alpha value is -1.59. The van der Waals surface area contributed by atoms with Gasteiger partial charge in [-0.25, -0.2) is 4.79 Å². The van der Waals surface area contributed by atoms with Crippen molar-refractivity contribution < 1.29 is 9.53 Å². The zero-order valence-electron chi connectivity index (χ0n) is 15.9. The van der Waals surface area contributed by atoms with Crippen molar-refractivity contribution in [3.05, 3.63) is 35.9 Å². The Morgan fingerprint density at radius 2 is 2.00 bits per heavy atom. The van der Waals surface area contributed by atoms with Gasteiger partial charge in [-0.05, 0) is 43.8 Å². The maximum atomic E-state index is 12.6. The van der Waals surface area contributed by atoms with E-state index >= 15 is 0 Å². The second kappa shape index (κ2) is 10.4. The summed E-state index contributed by atoms with van der Waals surface area (Å²) in [6.07, 6.45) is 3.19. The number of carbonyl (C=O) groups is 1. The van der Waals surface area contributed by atoms with Gasteiger partial charge in [0.05, 0.1) is 12.6 Å². The monoisotopic (exact) mass is 347 g/mol. The van der Waals surface area contributed by atoms with Crippen molar-refractivity contribution >= 4 is 6.03 Å². The van der Waals surface area contributed by atoms with Crippen LogP contribution in [0.1, 0.15) is 37.8 Å². The number of likely N-dealkylation sites (tertiary alicyclic amines) is 1. The summed E-state index contributed by atoms with van der Waals surface area (Å²) in [6.45, 7) is 6.94. The molecule has 1 saturated heterocycles. The van der Waals surface area contributed by atoms with Crippen LogP contribution in [0.2, 0.25) is 0 Å². The van der Waals surface area contributed by atoms with Crippen molar-refractivity contribution in [1.29, 1.82) is 0 Å². The summed E-state index contributed by atoms with van der Waals surface area (Å²) in [7, 11) is 3.66. The van der Waals surface area contributed by atoms with Crippen LogP contribution in [-0.4, -0.2) is 62.8 Å². The number of hydrogen-bond donors (Lipinski definition) is 1. The van der Waals surface area contributed by atoms with E-state index in [0.717, 1.165) is 52.0 Å². The summed E-state index contributed by atoms with van der Waals surface area (Å²) in [5.41, 5.74) is 1.17. The molecule has 1 fully saturated rings. The first-order valence-corrected chi connectivity index (χ1v) is 9.41. The van der Waals surface area contributed by atoms with Crippen LogP contribution in [-0.2, 0) is 4.74 Å². The first-order valence-electron chi connectivity index (χ1n) is 9.41. The normalized spacial score (nSPS) is 17.2. The third kappa shape index (κ3) is 6.33. The first kappa shape index (κ1) is 19.7. The summed E-state index contributed by atoms with van der Waals surface area (Å²) in [5.74, 6) is 0.589. The third-order valence-electron chi connectivity index (χ3n) is 5.11. The molecule has 1 atom stereocenters. The highest BCUT2D eigenvalue weighted by Gasteiger charge is 2.23. The Labute approximate surface area is 152 Å². The fourth-order valence-corrected chi connectivity index (χ4v) is 3.45. The Morgan fingerprint density at radius 3 is 2.60 bits per heavy atom. The standard InChI is InChI=1S/C20H33N3O2/c1-4-19(18-8-6-5-7-9-18)21-20(24)22(2)16-17-10-12-23(13-11-17)14-15-25-3/h5-9,17,19H,4,10-16H2,1-3H3,(H,21,24)/t19-/m1/s1. The van der Waals surface area contributed by atoms with Crippen molar-refractivity contribution in [2.45, 2.75) is 32.2 Å². The van der Waals surface area contributed by atoms with Crippen LogP contribution in [0.5, 0.6) is 0 Å². The molecular weight excluding hydrogens is 314 g/mol. The molecule has 1 aliphatic heterocycles. The van der Waals surface area contributed by atoms with Gasteiger partial charge in [-0.2, -0.15) is 0 Å². The van der Waals surface area contributed by atoms with Gasteiger partial charge >= 0.3 is 6.03 Å². The molecule has 1 aliphatic rings. The van der Waals surface area contributed by atoms with E-state index in [1.54, 1.807) is 7.11 Å². The van der Waals surface area contributed by atoms with Crippen LogP contribution in [0, 0.1) is 5.92 Å². The van der Waals surface area contributed by atoms with Crippen molar-refractivity contribution in [1.82, 2.24) is 15.1 Å². The maximum Gasteiger partial charge on any atom is 0.317 e. The SMILES string of the molecule is CC[C@@H](NC(=O)N(C)CC1CCN(CCOC)CC1)c1ccccc1. The summed E-state index contributed by atoms with van der Waals surface area (Å²) < 4.78 is 5.15. The van der Waals surface area contributed by atoms with Crippen LogP contribution in [0.15, 0.2) is 30.3 Å². The molecule has 0 aliphatic carbocycles. The number of piperidine rings is 1. The average Bonchev–Trinajstić information content (AvgIpc) is 2.66. The number of ether oxygens (including phenoxy) is 1. The van der Waals surface area contributed by atoms with Crippen molar-refractivity contribution in [2.75, 3.05) is 46.9 Å². The summed E-state index contributed by atoms with van der Waals surface area (Å²) in [4.78, 5) is 16.8. The third-order valence-corrected chi connectivity index (χ3v) is 5.11. The minimum atomic E-state index is 0.0255. The number of methoxy groups -OCH3 is 1. The maximum absolute atomic E-state index is 12.6. The van der Waals surface area contributed by atoms with Crippen LogP contribution in [0.3, 0.4) is 0 Å². The molecule has 2 rings (SSSR count). The van der Waals surface area contributed by atoms with Crippen LogP contribution >= 0.6 is 0 Å². The lowest BCUT2D eigenvalue weighted by molar-refractivity contribution is 0.112. The van der Waals surface area contributed by atoms with E-state index in [1.165, 1.54) is 5.56 Å². The van der Waals surface area contributed by atoms with E-state index in [2.05, 4.69) is 29.3 Å². The minimum absolute atomic E-state index is 0.0255. The molecule has 1 heterocycles. The molecular formula is C20H33N3O2. The minimum Gasteiger partial charge on any atom is -0.383 e. The molecule has 1 aromatic carbocycles. The van der Waals surface area contributed by atoms with Crippen LogP contribution < -0.4 is 5.32 Å². The molecule has 1 aromatic rings. The first-order chi connectivity index (χ1) is 12.1. The van der Waals surface area contributed by atoms with Crippen LogP contribution in [0.25, 0.3) is 0 Å². The number of nitrogens with zero attached hydrogens (tertiary/aromatic N) is 2. The van der Waals surface area contributed by atoms with Crippen LogP contribution in [0.4, 0.5) is 4.79 Å². The van der Waals surface area contributed by atoms with Gasteiger partial charge in [0.25, 0.3) is 0 Å². The number of rotatable bonds is 8. The van der Waals surface area contributed by atoms with Gasteiger partial charge in [0, 0.05) is 27.2 Å². The quantitative estimate of drug-likeness (QED) is 0.786. The van der Waals surface area contributed by atoms with Gasteiger partial charge in [-0.1, -0.05) is 37.3 Å². The molecule has 2 amide bonds. The Balaban J connectivity index is 1.76. The topological polar surface area (TPSA) is 44.8 Å². The van der Waals surface area contributed by atoms with Gasteiger partial charge in [0.15, 0.2) is 0 Å². The molecule has 5 nitrogen and oxygen atoms in total. The molecule has 0 radical (unpaired) electrons. The molecule has 0 unspecified atom stereocenters. The van der Waals surface area contributed by atoms with Gasteiger partial charge in [-0.3, -0.25) is 0 Å². The smallest absolute Gasteiger partial charge is 0.317 e. The molecule has 0 bridgehead atoms. The van der Waals surface area contributed by atoms with E-state index in [9.17, 15) is 4.79 Å². The van der Waals surface area contributed by atoms with Gasteiger partial charge in [0.2, 0.25) is 0 Å². The van der Waals surface area contributed by atoms with Crippen molar-refractivity contribution in [3.63, 3.8) is 0 Å². The molecule has 0 aromatic heterocycles. The second-order valence-electron chi connectivity index (χ2n) is 6.98. The van der Waals surface area contributed by atoms with Gasteiger partial charge in [-0.15, -0.1) is 0 Å². The lowest BCUT2D eigenvalue weighted by Gasteiger charge is -2.34. The second-order valence-corrected chi connectivity index (χ2v) is 6.98.